The normalized spacial score (nSPS) is 12.7. The molecule has 0 radical (unpaired) electrons. The molecule has 6 nitrogen and oxygen atoms in total. The van der Waals surface area contributed by atoms with E-state index >= 15 is 0 Å². The number of hydrogen-bond acceptors (Lipinski definition) is 6. The Labute approximate surface area is 508 Å². The SMILES string of the molecule is CC/C=C\C/C=C\C/C=C\C/C=C\C/C=C\CCCCCCCC(=O)OC(COC(=O)CCCCCCCCCCCC)COC(=O)CCCCCCCCCCCCCCCCCCCC/C=C\C/C=C\C/C=C\CCCCCCC. The molecule has 0 N–H and O–H groups in total. The second-order valence-corrected chi connectivity index (χ2v) is 23.4. The highest BCUT2D eigenvalue weighted by Crippen LogP contribution is 2.17. The minimum absolute atomic E-state index is 0.0818. The van der Waals surface area contributed by atoms with Crippen molar-refractivity contribution in [1.82, 2.24) is 0 Å². The third-order valence-electron chi connectivity index (χ3n) is 15.3. The first kappa shape index (κ1) is 78.3. The van der Waals surface area contributed by atoms with E-state index in [1.165, 1.54) is 186 Å². The number of carbonyl (C=O) groups is 3. The van der Waals surface area contributed by atoms with E-state index in [0.29, 0.717) is 19.3 Å². The van der Waals surface area contributed by atoms with E-state index < -0.39 is 6.10 Å². The number of ether oxygens (including phenoxy) is 3. The van der Waals surface area contributed by atoms with Crippen LogP contribution < -0.4 is 0 Å². The van der Waals surface area contributed by atoms with Gasteiger partial charge in [-0.25, -0.2) is 0 Å². The number of rotatable bonds is 64. The van der Waals surface area contributed by atoms with E-state index in [9.17, 15) is 14.4 Å². The van der Waals surface area contributed by atoms with Crippen molar-refractivity contribution in [3.8, 4) is 0 Å². The fourth-order valence-corrected chi connectivity index (χ4v) is 10.1. The summed E-state index contributed by atoms with van der Waals surface area (Å²) in [5.74, 6) is -0.888. The lowest BCUT2D eigenvalue weighted by atomic mass is 10.0. The van der Waals surface area contributed by atoms with Crippen LogP contribution in [0.1, 0.15) is 348 Å². The van der Waals surface area contributed by atoms with E-state index in [0.717, 1.165) is 122 Å². The lowest BCUT2D eigenvalue weighted by Crippen LogP contribution is -2.30. The fraction of sp³-hybridized carbons (Fsp3) is 0.750. The lowest BCUT2D eigenvalue weighted by molar-refractivity contribution is -0.167. The van der Waals surface area contributed by atoms with Crippen molar-refractivity contribution in [1.29, 1.82) is 0 Å². The molecule has 0 spiro atoms. The van der Waals surface area contributed by atoms with Crippen LogP contribution >= 0.6 is 0 Å². The Bertz CT molecular complexity index is 1590. The average Bonchev–Trinajstić information content (AvgIpc) is 3.47. The summed E-state index contributed by atoms with van der Waals surface area (Å²) in [6.45, 7) is 6.52. The van der Waals surface area contributed by atoms with E-state index in [2.05, 4.69) is 118 Å². The highest BCUT2D eigenvalue weighted by atomic mass is 16.6. The first-order valence-electron chi connectivity index (χ1n) is 35.2. The predicted molar refractivity (Wildman–Crippen MR) is 357 cm³/mol. The van der Waals surface area contributed by atoms with Gasteiger partial charge >= 0.3 is 17.9 Å². The molecule has 472 valence electrons. The number of allylic oxidation sites excluding steroid dienone is 16. The monoisotopic (exact) mass is 1140 g/mol. The van der Waals surface area contributed by atoms with Crippen LogP contribution in [0, 0.1) is 0 Å². The molecule has 0 amide bonds. The quantitative estimate of drug-likeness (QED) is 0.0261. The highest BCUT2D eigenvalue weighted by molar-refractivity contribution is 5.71. The maximum atomic E-state index is 12.9. The van der Waals surface area contributed by atoms with Crippen LogP contribution in [0.5, 0.6) is 0 Å². The van der Waals surface area contributed by atoms with E-state index in [1.54, 1.807) is 0 Å². The lowest BCUT2D eigenvalue weighted by Gasteiger charge is -2.18. The van der Waals surface area contributed by atoms with Gasteiger partial charge in [0.05, 0.1) is 0 Å². The molecule has 0 aromatic carbocycles. The molecule has 0 aliphatic heterocycles. The maximum absolute atomic E-state index is 12.9. The van der Waals surface area contributed by atoms with Crippen molar-refractivity contribution in [3.63, 3.8) is 0 Å². The summed E-state index contributed by atoms with van der Waals surface area (Å²) in [6, 6.07) is 0. The second-order valence-electron chi connectivity index (χ2n) is 23.4. The third-order valence-corrected chi connectivity index (χ3v) is 15.3. The molecule has 0 aliphatic rings. The average molecular weight is 1140 g/mol. The van der Waals surface area contributed by atoms with Gasteiger partial charge in [-0.05, 0) is 103 Å². The van der Waals surface area contributed by atoms with Crippen molar-refractivity contribution in [2.24, 2.45) is 0 Å². The van der Waals surface area contributed by atoms with Gasteiger partial charge in [-0.15, -0.1) is 0 Å². The summed E-state index contributed by atoms with van der Waals surface area (Å²) in [7, 11) is 0. The summed E-state index contributed by atoms with van der Waals surface area (Å²) in [6.07, 6.45) is 94.5. The Hall–Kier alpha value is -3.67. The first-order valence-corrected chi connectivity index (χ1v) is 35.2. The van der Waals surface area contributed by atoms with Gasteiger partial charge < -0.3 is 14.2 Å². The zero-order valence-corrected chi connectivity index (χ0v) is 54.2. The van der Waals surface area contributed by atoms with Gasteiger partial charge in [0.2, 0.25) is 0 Å². The molecule has 0 aliphatic carbocycles. The van der Waals surface area contributed by atoms with Crippen LogP contribution in [0.2, 0.25) is 0 Å². The molecule has 0 heterocycles. The number of carbonyl (C=O) groups excluding carboxylic acids is 3. The van der Waals surface area contributed by atoms with Crippen molar-refractivity contribution < 1.29 is 28.6 Å². The molecule has 0 saturated carbocycles. The summed E-state index contributed by atoms with van der Waals surface area (Å²) in [4.78, 5) is 38.3. The van der Waals surface area contributed by atoms with Crippen molar-refractivity contribution in [3.05, 3.63) is 97.2 Å². The molecular weight excluding hydrogens is 1010 g/mol. The molecule has 1 atom stereocenters. The molecular formula is C76H132O6. The zero-order chi connectivity index (χ0) is 59.2. The summed E-state index contributed by atoms with van der Waals surface area (Å²) >= 11 is 0. The third kappa shape index (κ3) is 67.1. The van der Waals surface area contributed by atoms with E-state index in [1.807, 2.05) is 0 Å². The van der Waals surface area contributed by atoms with Crippen molar-refractivity contribution in [2.45, 2.75) is 354 Å². The molecule has 0 bridgehead atoms. The standard InChI is InChI=1S/C76H132O6/c1-4-7-10-13-16-19-22-24-26-28-30-32-33-34-35-36-37-38-39-40-41-42-43-45-46-48-50-52-54-57-60-63-66-69-75(78)81-72-73(71-80-74(77)68-65-62-59-56-21-18-15-12-9-6-3)82-76(79)70-67-64-61-58-55-53-51-49-47-44-31-29-27-25-23-20-17-14-11-8-5-2/h8,11,17,20,22,24-25,27-28,30-31,33-34,44,49,51,73H,4-7,9-10,12-16,18-19,21,23,26,29,32,35-43,45-48,50,52-72H2,1-3H3/b11-8-,20-17-,24-22-,27-25-,30-28-,34-33-,44-31-,51-49-. The number of esters is 3. The van der Waals surface area contributed by atoms with Gasteiger partial charge in [0.15, 0.2) is 6.10 Å². The fourth-order valence-electron chi connectivity index (χ4n) is 10.1. The van der Waals surface area contributed by atoms with Crippen LogP contribution in [0.15, 0.2) is 97.2 Å². The van der Waals surface area contributed by atoms with Crippen LogP contribution in [-0.4, -0.2) is 37.2 Å². The maximum Gasteiger partial charge on any atom is 0.306 e. The summed E-state index contributed by atoms with van der Waals surface area (Å²) in [5.41, 5.74) is 0. The molecule has 0 fully saturated rings. The van der Waals surface area contributed by atoms with Crippen LogP contribution in [0.4, 0.5) is 0 Å². The highest BCUT2D eigenvalue weighted by Gasteiger charge is 2.19. The smallest absolute Gasteiger partial charge is 0.306 e. The van der Waals surface area contributed by atoms with Gasteiger partial charge in [-0.2, -0.15) is 0 Å². The molecule has 82 heavy (non-hydrogen) atoms. The molecule has 1 unspecified atom stereocenters. The predicted octanol–water partition coefficient (Wildman–Crippen LogP) is 24.4. The van der Waals surface area contributed by atoms with Gasteiger partial charge in [0.25, 0.3) is 0 Å². The Balaban J connectivity index is 4.15. The van der Waals surface area contributed by atoms with Crippen molar-refractivity contribution >= 4 is 17.9 Å². The number of hydrogen-bond donors (Lipinski definition) is 0. The minimum atomic E-state index is -0.786. The van der Waals surface area contributed by atoms with Crippen LogP contribution in [0.3, 0.4) is 0 Å². The van der Waals surface area contributed by atoms with E-state index in [-0.39, 0.29) is 31.1 Å². The summed E-state index contributed by atoms with van der Waals surface area (Å²) < 4.78 is 16.9. The Kier molecular flexibility index (Phi) is 66.7. The topological polar surface area (TPSA) is 78.9 Å². The van der Waals surface area contributed by atoms with Crippen LogP contribution in [0.25, 0.3) is 0 Å². The van der Waals surface area contributed by atoms with Crippen molar-refractivity contribution in [2.75, 3.05) is 13.2 Å². The molecule has 0 saturated heterocycles. The van der Waals surface area contributed by atoms with E-state index in [4.69, 9.17) is 14.2 Å². The largest absolute Gasteiger partial charge is 0.462 e. The zero-order valence-electron chi connectivity index (χ0n) is 54.2. The minimum Gasteiger partial charge on any atom is -0.462 e. The van der Waals surface area contributed by atoms with Gasteiger partial charge in [0, 0.05) is 19.3 Å². The Morgan fingerprint density at radius 3 is 0.744 bits per heavy atom. The van der Waals surface area contributed by atoms with Crippen LogP contribution in [-0.2, 0) is 28.6 Å². The second kappa shape index (κ2) is 69.8. The first-order chi connectivity index (χ1) is 40.5. The van der Waals surface area contributed by atoms with Gasteiger partial charge in [-0.1, -0.05) is 323 Å². The molecule has 0 rings (SSSR count). The Morgan fingerprint density at radius 2 is 0.476 bits per heavy atom. The summed E-state index contributed by atoms with van der Waals surface area (Å²) in [5, 5.41) is 0. The molecule has 0 aromatic heterocycles. The number of unbranched alkanes of at least 4 members (excludes halogenated alkanes) is 37. The molecule has 6 heteroatoms. The van der Waals surface area contributed by atoms with Gasteiger partial charge in [0.1, 0.15) is 13.2 Å². The Morgan fingerprint density at radius 1 is 0.256 bits per heavy atom. The molecule has 0 aromatic rings. The van der Waals surface area contributed by atoms with Gasteiger partial charge in [-0.3, -0.25) is 14.4 Å².